The Morgan fingerprint density at radius 1 is 1.10 bits per heavy atom. The van der Waals surface area contributed by atoms with Gasteiger partial charge in [0, 0.05) is 29.2 Å². The van der Waals surface area contributed by atoms with E-state index in [9.17, 15) is 4.79 Å². The van der Waals surface area contributed by atoms with E-state index < -0.39 is 0 Å². The third-order valence-electron chi connectivity index (χ3n) is 4.02. The minimum absolute atomic E-state index is 0.0903. The van der Waals surface area contributed by atoms with E-state index in [0.717, 1.165) is 17.9 Å². The van der Waals surface area contributed by atoms with E-state index in [1.807, 2.05) is 31.2 Å². The molecule has 0 aliphatic heterocycles. The monoisotopic (exact) mass is 411 g/mol. The summed E-state index contributed by atoms with van der Waals surface area (Å²) in [5.41, 5.74) is 1.41. The summed E-state index contributed by atoms with van der Waals surface area (Å²) in [7, 11) is 0. The van der Waals surface area contributed by atoms with Crippen LogP contribution in [0, 0.1) is 0 Å². The molecule has 0 saturated carbocycles. The number of nitrogens with zero attached hydrogens (tertiary/aromatic N) is 3. The van der Waals surface area contributed by atoms with Gasteiger partial charge >= 0.3 is 0 Å². The zero-order valence-electron chi connectivity index (χ0n) is 16.1. The predicted octanol–water partition coefficient (Wildman–Crippen LogP) is 4.74. The summed E-state index contributed by atoms with van der Waals surface area (Å²) in [5.74, 6) is 1.74. The van der Waals surface area contributed by atoms with Crippen LogP contribution in [0.15, 0.2) is 54.9 Å². The van der Waals surface area contributed by atoms with E-state index in [4.69, 9.17) is 16.3 Å². The molecule has 0 bridgehead atoms. The van der Waals surface area contributed by atoms with Crippen molar-refractivity contribution in [3.63, 3.8) is 0 Å². The fourth-order valence-corrected chi connectivity index (χ4v) is 2.66. The quantitative estimate of drug-likeness (QED) is 0.367. The van der Waals surface area contributed by atoms with Crippen LogP contribution in [0.3, 0.4) is 0 Å². The van der Waals surface area contributed by atoms with Gasteiger partial charge in [0.2, 0.25) is 11.9 Å². The molecular weight excluding hydrogens is 390 g/mol. The SMILES string of the molecule is CCC(=O)c1cccc(Nc2ncnc(NCCCOc3ccc(Cl)cc3)n2)c1. The van der Waals surface area contributed by atoms with Gasteiger partial charge in [-0.1, -0.05) is 30.7 Å². The number of anilines is 3. The molecule has 3 aromatic rings. The summed E-state index contributed by atoms with van der Waals surface area (Å²) in [4.78, 5) is 24.4. The van der Waals surface area contributed by atoms with Gasteiger partial charge in [-0.3, -0.25) is 4.79 Å². The molecule has 0 atom stereocenters. The van der Waals surface area contributed by atoms with Crippen LogP contribution >= 0.6 is 11.6 Å². The van der Waals surface area contributed by atoms with Gasteiger partial charge in [0.15, 0.2) is 5.78 Å². The number of carbonyl (C=O) groups is 1. The van der Waals surface area contributed by atoms with Crippen LogP contribution in [0.1, 0.15) is 30.1 Å². The molecular formula is C21H22ClN5O2. The molecule has 2 aromatic carbocycles. The molecule has 3 rings (SSSR count). The number of halogens is 1. The standard InChI is InChI=1S/C21H22ClN5O2/c1-2-19(28)15-5-3-6-17(13-15)26-21-25-14-24-20(27-21)23-11-4-12-29-18-9-7-16(22)8-10-18/h3,5-10,13-14H,2,4,11-12H2,1H3,(H2,23,24,25,26,27). The second kappa shape index (κ2) is 10.4. The summed E-state index contributed by atoms with van der Waals surface area (Å²) < 4.78 is 5.65. The topological polar surface area (TPSA) is 89.0 Å². The number of Topliss-reactive ketones (excluding diaryl/α,β-unsaturated/α-hetero) is 1. The average Bonchev–Trinajstić information content (AvgIpc) is 2.75. The van der Waals surface area contributed by atoms with Gasteiger partial charge in [0.1, 0.15) is 12.1 Å². The highest BCUT2D eigenvalue weighted by atomic mass is 35.5. The number of ether oxygens (including phenoxy) is 1. The van der Waals surface area contributed by atoms with Crippen LogP contribution in [-0.4, -0.2) is 33.9 Å². The van der Waals surface area contributed by atoms with Crippen molar-refractivity contribution in [3.8, 4) is 5.75 Å². The molecule has 0 saturated heterocycles. The lowest BCUT2D eigenvalue weighted by Gasteiger charge is -2.09. The van der Waals surface area contributed by atoms with Gasteiger partial charge in [-0.05, 0) is 42.8 Å². The Labute approximate surface area is 174 Å². The van der Waals surface area contributed by atoms with Crippen molar-refractivity contribution in [3.05, 3.63) is 65.4 Å². The van der Waals surface area contributed by atoms with Gasteiger partial charge in [-0.25, -0.2) is 9.97 Å². The first kappa shape index (κ1) is 20.5. The molecule has 2 N–H and O–H groups in total. The van der Waals surface area contributed by atoms with Crippen molar-refractivity contribution in [2.24, 2.45) is 0 Å². The summed E-state index contributed by atoms with van der Waals surface area (Å²) in [6, 6.07) is 14.5. The van der Waals surface area contributed by atoms with Crippen molar-refractivity contribution < 1.29 is 9.53 Å². The van der Waals surface area contributed by atoms with Gasteiger partial charge < -0.3 is 15.4 Å². The Morgan fingerprint density at radius 2 is 1.90 bits per heavy atom. The first-order valence-electron chi connectivity index (χ1n) is 9.35. The molecule has 0 fully saturated rings. The van der Waals surface area contributed by atoms with E-state index in [2.05, 4.69) is 25.6 Å². The Balaban J connectivity index is 1.48. The fourth-order valence-electron chi connectivity index (χ4n) is 2.54. The van der Waals surface area contributed by atoms with Gasteiger partial charge in [0.05, 0.1) is 6.61 Å². The number of nitrogens with one attached hydrogen (secondary N) is 2. The van der Waals surface area contributed by atoms with Crippen LogP contribution in [0.25, 0.3) is 0 Å². The number of hydrogen-bond donors (Lipinski definition) is 2. The molecule has 0 radical (unpaired) electrons. The molecule has 0 spiro atoms. The predicted molar refractivity (Wildman–Crippen MR) is 114 cm³/mol. The number of ketones is 1. The maximum atomic E-state index is 11.9. The number of aromatic nitrogens is 3. The van der Waals surface area contributed by atoms with Crippen LogP contribution < -0.4 is 15.4 Å². The minimum atomic E-state index is 0.0903. The second-order valence-corrected chi connectivity index (χ2v) is 6.63. The molecule has 0 aliphatic carbocycles. The van der Waals surface area contributed by atoms with Crippen molar-refractivity contribution in [2.75, 3.05) is 23.8 Å². The zero-order chi connectivity index (χ0) is 20.5. The van der Waals surface area contributed by atoms with Crippen LogP contribution in [0.5, 0.6) is 5.75 Å². The summed E-state index contributed by atoms with van der Waals surface area (Å²) in [5, 5.41) is 6.93. The average molecular weight is 412 g/mol. The molecule has 150 valence electrons. The van der Waals surface area contributed by atoms with Crippen molar-refractivity contribution in [1.82, 2.24) is 15.0 Å². The summed E-state index contributed by atoms with van der Waals surface area (Å²) in [6.07, 6.45) is 2.67. The zero-order valence-corrected chi connectivity index (χ0v) is 16.8. The van der Waals surface area contributed by atoms with Crippen LogP contribution in [0.4, 0.5) is 17.6 Å². The van der Waals surface area contributed by atoms with Crippen molar-refractivity contribution in [2.45, 2.75) is 19.8 Å². The number of carbonyl (C=O) groups excluding carboxylic acids is 1. The fraction of sp³-hybridized carbons (Fsp3) is 0.238. The highest BCUT2D eigenvalue weighted by Gasteiger charge is 2.06. The van der Waals surface area contributed by atoms with Gasteiger partial charge in [0.25, 0.3) is 0 Å². The Hall–Kier alpha value is -3.19. The molecule has 1 heterocycles. The first-order valence-corrected chi connectivity index (χ1v) is 9.73. The largest absolute Gasteiger partial charge is 0.494 e. The molecule has 0 amide bonds. The second-order valence-electron chi connectivity index (χ2n) is 6.20. The summed E-state index contributed by atoms with van der Waals surface area (Å²) >= 11 is 5.85. The Bertz CT molecular complexity index is 950. The lowest BCUT2D eigenvalue weighted by atomic mass is 10.1. The highest BCUT2D eigenvalue weighted by molar-refractivity contribution is 6.30. The molecule has 1 aromatic heterocycles. The minimum Gasteiger partial charge on any atom is -0.494 e. The third kappa shape index (κ3) is 6.43. The van der Waals surface area contributed by atoms with E-state index in [1.54, 1.807) is 24.3 Å². The van der Waals surface area contributed by atoms with E-state index >= 15 is 0 Å². The number of rotatable bonds is 10. The molecule has 0 aliphatic rings. The number of hydrogen-bond acceptors (Lipinski definition) is 7. The van der Waals surface area contributed by atoms with Crippen LogP contribution in [-0.2, 0) is 0 Å². The highest BCUT2D eigenvalue weighted by Crippen LogP contribution is 2.17. The Morgan fingerprint density at radius 3 is 2.69 bits per heavy atom. The van der Waals surface area contributed by atoms with E-state index in [0.29, 0.717) is 42.1 Å². The number of benzene rings is 2. The Kier molecular flexibility index (Phi) is 7.35. The first-order chi connectivity index (χ1) is 14.1. The van der Waals surface area contributed by atoms with E-state index in [1.165, 1.54) is 6.33 Å². The maximum Gasteiger partial charge on any atom is 0.231 e. The lowest BCUT2D eigenvalue weighted by molar-refractivity contribution is 0.0988. The third-order valence-corrected chi connectivity index (χ3v) is 4.27. The molecule has 7 nitrogen and oxygen atoms in total. The van der Waals surface area contributed by atoms with Gasteiger partial charge in [-0.15, -0.1) is 0 Å². The van der Waals surface area contributed by atoms with Crippen molar-refractivity contribution in [1.29, 1.82) is 0 Å². The van der Waals surface area contributed by atoms with Gasteiger partial charge in [-0.2, -0.15) is 4.98 Å². The summed E-state index contributed by atoms with van der Waals surface area (Å²) in [6.45, 7) is 3.05. The van der Waals surface area contributed by atoms with Crippen LogP contribution in [0.2, 0.25) is 5.02 Å². The smallest absolute Gasteiger partial charge is 0.231 e. The van der Waals surface area contributed by atoms with E-state index in [-0.39, 0.29) is 5.78 Å². The molecule has 0 unspecified atom stereocenters. The normalized spacial score (nSPS) is 10.4. The molecule has 29 heavy (non-hydrogen) atoms. The maximum absolute atomic E-state index is 11.9. The molecule has 8 heteroatoms. The lowest BCUT2D eigenvalue weighted by Crippen LogP contribution is -2.10. The van der Waals surface area contributed by atoms with Crippen molar-refractivity contribution >= 4 is 35.0 Å².